The summed E-state index contributed by atoms with van der Waals surface area (Å²) in [6, 6.07) is 0. The van der Waals surface area contributed by atoms with E-state index in [2.05, 4.69) is 4.74 Å². The zero-order chi connectivity index (χ0) is 9.30. The normalized spacial score (nSPS) is 39.4. The molecular weight excluding hydrogens is 274 g/mol. The topological polar surface area (TPSA) is 110 Å². The molecule has 0 saturated carbocycles. The molecule has 0 spiro atoms. The van der Waals surface area contributed by atoms with Crippen molar-refractivity contribution in [3.8, 4) is 0 Å². The molecule has 9 heteroatoms. The van der Waals surface area contributed by atoms with Gasteiger partial charge in [-0.3, -0.25) is 0 Å². The maximum absolute atomic E-state index is 9.12. The molecule has 0 unspecified atom stereocenters. The van der Waals surface area contributed by atoms with Crippen LogP contribution in [-0.4, -0.2) is 62.8 Å². The van der Waals surface area contributed by atoms with E-state index < -0.39 is 37.3 Å². The highest BCUT2D eigenvalue weighted by Gasteiger charge is 2.42. The van der Waals surface area contributed by atoms with E-state index in [1.807, 2.05) is 0 Å². The summed E-state index contributed by atoms with van der Waals surface area (Å²) in [6.45, 7) is -0.526. The Bertz CT molecular complexity index is 157. The largest absolute Gasteiger partial charge is 0.394 e. The fourth-order valence-electron chi connectivity index (χ4n) is 1.08. The molecular formula is C6H15Cl3O6. The summed E-state index contributed by atoms with van der Waals surface area (Å²) in [6.07, 6.45) is -7.04. The summed E-state index contributed by atoms with van der Waals surface area (Å²) >= 11 is 0. The summed E-state index contributed by atoms with van der Waals surface area (Å²) in [4.78, 5) is 0. The van der Waals surface area contributed by atoms with E-state index in [-0.39, 0.29) is 37.2 Å². The zero-order valence-corrected chi connectivity index (χ0v) is 9.91. The standard InChI is InChI=1S/C6H12O6.3ClH/c7-1-2-3(8)4(9)5(10)6(11)12-2;;;/h2-11H,1H2;3*1H/t2-,3-,4+,5-,6-;;;/m1.../s1. The molecule has 6 nitrogen and oxygen atoms in total. The first kappa shape index (κ1) is 21.0. The SMILES string of the molecule is Cl.Cl.Cl.OC[C@H]1O[C@@H](O)[C@H](O)[C@@H](O)[C@@H]1O. The van der Waals surface area contributed by atoms with Crippen molar-refractivity contribution in [1.82, 2.24) is 0 Å². The molecule has 1 heterocycles. The van der Waals surface area contributed by atoms with Gasteiger partial charge in [-0.2, -0.15) is 0 Å². The second-order valence-corrected chi connectivity index (χ2v) is 2.72. The number of hydrogen-bond donors (Lipinski definition) is 5. The van der Waals surface area contributed by atoms with Gasteiger partial charge in [0.25, 0.3) is 0 Å². The Hall–Kier alpha value is 0.630. The Kier molecular flexibility index (Phi) is 12.2. The minimum Gasteiger partial charge on any atom is -0.394 e. The van der Waals surface area contributed by atoms with Crippen LogP contribution in [0.5, 0.6) is 0 Å². The molecule has 15 heavy (non-hydrogen) atoms. The molecule has 0 radical (unpaired) electrons. The van der Waals surface area contributed by atoms with E-state index in [0.29, 0.717) is 0 Å². The third-order valence-corrected chi connectivity index (χ3v) is 1.87. The van der Waals surface area contributed by atoms with Crippen LogP contribution in [0.25, 0.3) is 0 Å². The number of hydrogen-bond acceptors (Lipinski definition) is 6. The van der Waals surface area contributed by atoms with Crippen LogP contribution in [-0.2, 0) is 4.74 Å². The van der Waals surface area contributed by atoms with Crippen molar-refractivity contribution in [2.45, 2.75) is 30.7 Å². The van der Waals surface area contributed by atoms with E-state index in [1.165, 1.54) is 0 Å². The van der Waals surface area contributed by atoms with Gasteiger partial charge >= 0.3 is 0 Å². The van der Waals surface area contributed by atoms with Crippen LogP contribution >= 0.6 is 37.2 Å². The van der Waals surface area contributed by atoms with Crippen molar-refractivity contribution in [3.05, 3.63) is 0 Å². The first-order valence-corrected chi connectivity index (χ1v) is 3.56. The van der Waals surface area contributed by atoms with Crippen LogP contribution in [0.2, 0.25) is 0 Å². The quantitative estimate of drug-likeness (QED) is 0.384. The molecule has 0 aromatic carbocycles. The predicted octanol–water partition coefficient (Wildman–Crippen LogP) is -1.96. The highest BCUT2D eigenvalue weighted by atomic mass is 35.5. The van der Waals surface area contributed by atoms with Gasteiger partial charge in [-0.15, -0.1) is 37.2 Å². The number of aliphatic hydroxyl groups excluding tert-OH is 5. The van der Waals surface area contributed by atoms with Crippen molar-refractivity contribution in [3.63, 3.8) is 0 Å². The Morgan fingerprint density at radius 1 is 0.800 bits per heavy atom. The number of ether oxygens (including phenoxy) is 1. The molecule has 5 atom stereocenters. The summed E-state index contributed by atoms with van der Waals surface area (Å²) in [5.41, 5.74) is 0. The Labute approximate surface area is 105 Å². The maximum atomic E-state index is 9.12. The lowest BCUT2D eigenvalue weighted by molar-refractivity contribution is -0.286. The Morgan fingerprint density at radius 3 is 1.67 bits per heavy atom. The van der Waals surface area contributed by atoms with E-state index in [9.17, 15) is 0 Å². The Balaban J connectivity index is -0.000000480. The number of rotatable bonds is 1. The van der Waals surface area contributed by atoms with Gasteiger partial charge in [-0.1, -0.05) is 0 Å². The average molecular weight is 290 g/mol. The van der Waals surface area contributed by atoms with Crippen LogP contribution < -0.4 is 0 Å². The molecule has 1 aliphatic rings. The summed E-state index contributed by atoms with van der Waals surface area (Å²) < 4.78 is 4.58. The van der Waals surface area contributed by atoms with Crippen LogP contribution in [0.3, 0.4) is 0 Å². The van der Waals surface area contributed by atoms with Crippen LogP contribution in [0.1, 0.15) is 0 Å². The first-order valence-electron chi connectivity index (χ1n) is 3.56. The molecule has 1 rings (SSSR count). The molecule has 0 aromatic rings. The predicted molar refractivity (Wildman–Crippen MR) is 57.7 cm³/mol. The first-order chi connectivity index (χ1) is 5.57. The lowest BCUT2D eigenvalue weighted by atomic mass is 10.00. The molecule has 1 fully saturated rings. The second-order valence-electron chi connectivity index (χ2n) is 2.72. The maximum Gasteiger partial charge on any atom is 0.184 e. The second kappa shape index (κ2) is 8.74. The van der Waals surface area contributed by atoms with Crippen LogP contribution in [0.15, 0.2) is 0 Å². The highest BCUT2D eigenvalue weighted by molar-refractivity contribution is 5.86. The van der Waals surface area contributed by atoms with Crippen molar-refractivity contribution < 1.29 is 30.3 Å². The Morgan fingerprint density at radius 2 is 1.27 bits per heavy atom. The van der Waals surface area contributed by atoms with Crippen molar-refractivity contribution in [1.29, 1.82) is 0 Å². The molecule has 0 aromatic heterocycles. The van der Waals surface area contributed by atoms with Gasteiger partial charge in [0, 0.05) is 0 Å². The third kappa shape index (κ3) is 4.56. The van der Waals surface area contributed by atoms with E-state index in [4.69, 9.17) is 25.5 Å². The molecule has 1 saturated heterocycles. The van der Waals surface area contributed by atoms with E-state index >= 15 is 0 Å². The fourth-order valence-corrected chi connectivity index (χ4v) is 1.08. The van der Waals surface area contributed by atoms with Gasteiger partial charge in [0.2, 0.25) is 0 Å². The molecule has 0 aliphatic carbocycles. The smallest absolute Gasteiger partial charge is 0.184 e. The lowest BCUT2D eigenvalue weighted by Crippen LogP contribution is -2.58. The highest BCUT2D eigenvalue weighted by Crippen LogP contribution is 2.18. The van der Waals surface area contributed by atoms with Gasteiger partial charge in [0.05, 0.1) is 6.61 Å². The molecule has 5 N–H and O–H groups in total. The van der Waals surface area contributed by atoms with Crippen LogP contribution in [0, 0.1) is 0 Å². The summed E-state index contributed by atoms with van der Waals surface area (Å²) in [5.74, 6) is 0. The third-order valence-electron chi connectivity index (χ3n) is 1.87. The summed E-state index contributed by atoms with van der Waals surface area (Å²) in [5, 5.41) is 44.7. The van der Waals surface area contributed by atoms with Gasteiger partial charge in [0.15, 0.2) is 6.29 Å². The minimum absolute atomic E-state index is 0. The van der Waals surface area contributed by atoms with Crippen LogP contribution in [0.4, 0.5) is 0 Å². The van der Waals surface area contributed by atoms with Gasteiger partial charge < -0.3 is 30.3 Å². The molecule has 0 bridgehead atoms. The monoisotopic (exact) mass is 288 g/mol. The van der Waals surface area contributed by atoms with Crippen molar-refractivity contribution in [2.75, 3.05) is 6.61 Å². The van der Waals surface area contributed by atoms with Gasteiger partial charge in [0.1, 0.15) is 24.4 Å². The molecule has 96 valence electrons. The fraction of sp³-hybridized carbons (Fsp3) is 1.00. The molecule has 1 aliphatic heterocycles. The van der Waals surface area contributed by atoms with E-state index in [1.54, 1.807) is 0 Å². The zero-order valence-electron chi connectivity index (χ0n) is 7.46. The minimum atomic E-state index is -1.57. The van der Waals surface area contributed by atoms with Crippen molar-refractivity contribution >= 4 is 37.2 Å². The van der Waals surface area contributed by atoms with Crippen molar-refractivity contribution in [2.24, 2.45) is 0 Å². The van der Waals surface area contributed by atoms with Gasteiger partial charge in [-0.05, 0) is 0 Å². The summed E-state index contributed by atoms with van der Waals surface area (Å²) in [7, 11) is 0. The van der Waals surface area contributed by atoms with E-state index in [0.717, 1.165) is 0 Å². The number of halogens is 3. The lowest BCUT2D eigenvalue weighted by Gasteiger charge is -2.37. The average Bonchev–Trinajstić information content (AvgIpc) is 2.08. The van der Waals surface area contributed by atoms with Gasteiger partial charge in [-0.25, -0.2) is 0 Å². The number of aliphatic hydroxyl groups is 5. The molecule has 0 amide bonds.